The van der Waals surface area contributed by atoms with Crippen molar-refractivity contribution in [2.75, 3.05) is 5.32 Å². The zero-order valence-electron chi connectivity index (χ0n) is 16.6. The molecule has 0 aromatic heterocycles. The van der Waals surface area contributed by atoms with Crippen molar-refractivity contribution < 1.29 is 27.5 Å². The molecule has 0 aliphatic carbocycles. The predicted octanol–water partition coefficient (Wildman–Crippen LogP) is 4.37. The fraction of sp³-hybridized carbons (Fsp3) is 0.0870. The van der Waals surface area contributed by atoms with Gasteiger partial charge in [-0.3, -0.25) is 9.59 Å². The van der Waals surface area contributed by atoms with E-state index in [1.54, 1.807) is 24.3 Å². The zero-order valence-corrected chi connectivity index (χ0v) is 16.6. The summed E-state index contributed by atoms with van der Waals surface area (Å²) in [5.41, 5.74) is 2.46. The first-order chi connectivity index (χ1) is 15.3. The van der Waals surface area contributed by atoms with Crippen LogP contribution in [-0.2, 0) is 22.4 Å². The summed E-state index contributed by atoms with van der Waals surface area (Å²) in [6.45, 7) is 0.331. The Balaban J connectivity index is 1.58. The van der Waals surface area contributed by atoms with E-state index in [9.17, 15) is 22.8 Å². The molecule has 164 valence electrons. The first-order valence-corrected chi connectivity index (χ1v) is 9.40. The number of rotatable bonds is 6. The molecule has 0 aliphatic rings. The van der Waals surface area contributed by atoms with E-state index in [2.05, 4.69) is 10.4 Å². The smallest absolute Gasteiger partial charge is 0.416 e. The van der Waals surface area contributed by atoms with Gasteiger partial charge in [-0.15, -0.1) is 0 Å². The number of carbonyl (C=O) groups is 2. The number of halogens is 3. The van der Waals surface area contributed by atoms with E-state index >= 15 is 0 Å². The fourth-order valence-corrected chi connectivity index (χ4v) is 2.63. The number of nitrogens with zero attached hydrogens (tertiary/aromatic N) is 1. The number of hydrogen-bond acceptors (Lipinski definition) is 4. The number of anilines is 1. The summed E-state index contributed by atoms with van der Waals surface area (Å²) < 4.78 is 44.0. The quantitative estimate of drug-likeness (QED) is 0.339. The van der Waals surface area contributed by atoms with E-state index < -0.39 is 23.6 Å². The lowest BCUT2D eigenvalue weighted by atomic mass is 10.2. The maximum absolute atomic E-state index is 12.8. The summed E-state index contributed by atoms with van der Waals surface area (Å²) in [5.74, 6) is -1.78. The van der Waals surface area contributed by atoms with Crippen molar-refractivity contribution in [2.24, 2.45) is 5.10 Å². The van der Waals surface area contributed by atoms with Gasteiger partial charge in [0.2, 0.25) is 0 Å². The topological polar surface area (TPSA) is 79.8 Å². The number of amides is 2. The third kappa shape index (κ3) is 6.43. The average molecular weight is 441 g/mol. The van der Waals surface area contributed by atoms with Crippen molar-refractivity contribution in [1.29, 1.82) is 0 Å². The molecule has 0 fully saturated rings. The van der Waals surface area contributed by atoms with Crippen LogP contribution >= 0.6 is 0 Å². The van der Waals surface area contributed by atoms with Gasteiger partial charge in [-0.1, -0.05) is 48.5 Å². The van der Waals surface area contributed by atoms with Gasteiger partial charge in [0.25, 0.3) is 0 Å². The second kappa shape index (κ2) is 10.3. The zero-order chi connectivity index (χ0) is 23.0. The molecule has 0 bridgehead atoms. The Bertz CT molecular complexity index is 1120. The van der Waals surface area contributed by atoms with Gasteiger partial charge in [-0.05, 0) is 35.9 Å². The summed E-state index contributed by atoms with van der Waals surface area (Å²) in [7, 11) is 0. The van der Waals surface area contributed by atoms with Gasteiger partial charge in [0.15, 0.2) is 0 Å². The van der Waals surface area contributed by atoms with Crippen molar-refractivity contribution in [1.82, 2.24) is 5.43 Å². The van der Waals surface area contributed by atoms with Crippen molar-refractivity contribution >= 4 is 23.7 Å². The molecule has 0 heterocycles. The molecule has 6 nitrogen and oxygen atoms in total. The van der Waals surface area contributed by atoms with E-state index in [4.69, 9.17) is 4.74 Å². The summed E-state index contributed by atoms with van der Waals surface area (Å²) in [4.78, 5) is 23.9. The van der Waals surface area contributed by atoms with Crippen molar-refractivity contribution in [2.45, 2.75) is 12.8 Å². The molecule has 3 aromatic carbocycles. The number of carbonyl (C=O) groups excluding carboxylic acids is 2. The van der Waals surface area contributed by atoms with Crippen LogP contribution in [0.25, 0.3) is 0 Å². The first-order valence-electron chi connectivity index (χ1n) is 9.40. The lowest BCUT2D eigenvalue weighted by molar-refractivity contribution is -0.137. The Morgan fingerprint density at radius 1 is 0.906 bits per heavy atom. The Labute approximate surface area is 181 Å². The maximum Gasteiger partial charge on any atom is 0.416 e. The van der Waals surface area contributed by atoms with E-state index in [1.807, 2.05) is 35.8 Å². The highest BCUT2D eigenvalue weighted by Crippen LogP contribution is 2.30. The van der Waals surface area contributed by atoms with Crippen LogP contribution in [0, 0.1) is 0 Å². The molecule has 0 atom stereocenters. The molecule has 2 N–H and O–H groups in total. The molecular weight excluding hydrogens is 423 g/mol. The Morgan fingerprint density at radius 3 is 2.38 bits per heavy atom. The Morgan fingerprint density at radius 2 is 1.62 bits per heavy atom. The second-order valence-electron chi connectivity index (χ2n) is 6.54. The largest absolute Gasteiger partial charge is 0.488 e. The molecule has 0 saturated carbocycles. The molecule has 0 radical (unpaired) electrons. The molecule has 3 rings (SSSR count). The monoisotopic (exact) mass is 441 g/mol. The number of ether oxygens (including phenoxy) is 1. The normalized spacial score (nSPS) is 11.2. The summed E-state index contributed by atoms with van der Waals surface area (Å²) in [6.07, 6.45) is -3.26. The van der Waals surface area contributed by atoms with E-state index in [0.29, 0.717) is 17.9 Å². The molecule has 0 aliphatic heterocycles. The molecule has 32 heavy (non-hydrogen) atoms. The lowest BCUT2D eigenvalue weighted by Crippen LogP contribution is -2.32. The Kier molecular flexibility index (Phi) is 7.22. The number of hydrogen-bond donors (Lipinski definition) is 2. The molecule has 0 saturated heterocycles. The van der Waals surface area contributed by atoms with Crippen LogP contribution in [0.2, 0.25) is 0 Å². The van der Waals surface area contributed by atoms with Crippen LogP contribution in [0.15, 0.2) is 84.0 Å². The van der Waals surface area contributed by atoms with Crippen molar-refractivity contribution in [3.63, 3.8) is 0 Å². The molecule has 0 unspecified atom stereocenters. The molecule has 3 aromatic rings. The van der Waals surface area contributed by atoms with E-state index in [0.717, 1.165) is 23.8 Å². The highest BCUT2D eigenvalue weighted by molar-refractivity contribution is 6.39. The number of para-hydroxylation sites is 1. The van der Waals surface area contributed by atoms with E-state index in [-0.39, 0.29) is 5.69 Å². The van der Waals surface area contributed by atoms with Crippen LogP contribution in [0.5, 0.6) is 5.75 Å². The third-order valence-corrected chi connectivity index (χ3v) is 4.18. The van der Waals surface area contributed by atoms with Gasteiger partial charge in [-0.2, -0.15) is 18.3 Å². The summed E-state index contributed by atoms with van der Waals surface area (Å²) >= 11 is 0. The minimum absolute atomic E-state index is 0.163. The van der Waals surface area contributed by atoms with Gasteiger partial charge in [0.1, 0.15) is 12.4 Å². The highest BCUT2D eigenvalue weighted by atomic mass is 19.4. The van der Waals surface area contributed by atoms with Crippen LogP contribution in [0.1, 0.15) is 16.7 Å². The van der Waals surface area contributed by atoms with Crippen LogP contribution in [0.3, 0.4) is 0 Å². The summed E-state index contributed by atoms with van der Waals surface area (Å²) in [5, 5.41) is 5.83. The van der Waals surface area contributed by atoms with Gasteiger partial charge < -0.3 is 10.1 Å². The molecular formula is C23H18F3N3O3. The number of hydrazone groups is 1. The SMILES string of the molecule is O=C(N/N=C/c1ccccc1OCc1ccccc1)C(=O)Nc1cccc(C(F)(F)F)c1. The van der Waals surface area contributed by atoms with Crippen LogP contribution < -0.4 is 15.5 Å². The minimum atomic E-state index is -4.57. The second-order valence-corrected chi connectivity index (χ2v) is 6.54. The number of nitrogens with one attached hydrogen (secondary N) is 2. The fourth-order valence-electron chi connectivity index (χ4n) is 2.63. The van der Waals surface area contributed by atoms with E-state index in [1.165, 1.54) is 12.3 Å². The molecule has 0 spiro atoms. The predicted molar refractivity (Wildman–Crippen MR) is 113 cm³/mol. The number of alkyl halides is 3. The molecule has 9 heteroatoms. The number of benzene rings is 3. The Hall–Kier alpha value is -4.14. The van der Waals surface area contributed by atoms with Gasteiger partial charge in [-0.25, -0.2) is 5.43 Å². The van der Waals surface area contributed by atoms with Gasteiger partial charge in [0.05, 0.1) is 11.8 Å². The van der Waals surface area contributed by atoms with Crippen molar-refractivity contribution in [3.05, 3.63) is 95.6 Å². The standard InChI is InChI=1S/C23H18F3N3O3/c24-23(25,26)18-10-6-11-19(13-18)28-21(30)22(31)29-27-14-17-9-4-5-12-20(17)32-15-16-7-2-1-3-8-16/h1-14H,15H2,(H,28,30)(H,29,31)/b27-14+. The van der Waals surface area contributed by atoms with Gasteiger partial charge in [0, 0.05) is 11.3 Å². The maximum atomic E-state index is 12.8. The summed E-state index contributed by atoms with van der Waals surface area (Å²) in [6, 6.07) is 20.4. The van der Waals surface area contributed by atoms with Gasteiger partial charge >= 0.3 is 18.0 Å². The first kappa shape index (κ1) is 22.5. The highest BCUT2D eigenvalue weighted by Gasteiger charge is 2.30. The third-order valence-electron chi connectivity index (χ3n) is 4.18. The lowest BCUT2D eigenvalue weighted by Gasteiger charge is -2.09. The van der Waals surface area contributed by atoms with Crippen molar-refractivity contribution in [3.8, 4) is 5.75 Å². The average Bonchev–Trinajstić information content (AvgIpc) is 2.78. The molecule has 2 amide bonds. The van der Waals surface area contributed by atoms with Crippen LogP contribution in [-0.4, -0.2) is 18.0 Å². The minimum Gasteiger partial charge on any atom is -0.488 e. The van der Waals surface area contributed by atoms with Crippen LogP contribution in [0.4, 0.5) is 18.9 Å².